The summed E-state index contributed by atoms with van der Waals surface area (Å²) >= 11 is 0. The third-order valence-corrected chi connectivity index (χ3v) is 12.6. The maximum Gasteiger partial charge on any atom is 0.472 e. The van der Waals surface area contributed by atoms with E-state index in [1.54, 1.807) is 6.08 Å². The number of carbonyl (C=O) groups excluding carboxylic acids is 1. The fraction of sp³-hybridized carbons (Fsp3) is 0.629. The van der Waals surface area contributed by atoms with Crippen molar-refractivity contribution in [3.63, 3.8) is 0 Å². The van der Waals surface area contributed by atoms with E-state index in [1.807, 2.05) is 27.2 Å². The third kappa shape index (κ3) is 54.3. The van der Waals surface area contributed by atoms with Gasteiger partial charge in [0.1, 0.15) is 13.2 Å². The van der Waals surface area contributed by atoms with Crippen molar-refractivity contribution >= 4 is 13.7 Å². The monoisotopic (exact) mass is 1010 g/mol. The Kier molecular flexibility index (Phi) is 49.1. The number of hydrogen-bond donors (Lipinski definition) is 3. The number of nitrogens with one attached hydrogen (secondary N) is 1. The summed E-state index contributed by atoms with van der Waals surface area (Å²) in [5.41, 5.74) is 0. The van der Waals surface area contributed by atoms with Gasteiger partial charge in [-0.05, 0) is 103 Å². The molecule has 0 aliphatic carbocycles. The van der Waals surface area contributed by atoms with Crippen LogP contribution in [-0.4, -0.2) is 73.4 Å². The normalized spacial score (nSPS) is 15.0. The molecule has 0 saturated heterocycles. The fourth-order valence-corrected chi connectivity index (χ4v) is 7.96. The summed E-state index contributed by atoms with van der Waals surface area (Å²) in [6.07, 6.45) is 78.3. The highest BCUT2D eigenvalue weighted by molar-refractivity contribution is 7.47. The molecule has 404 valence electrons. The average molecular weight is 1010 g/mol. The molecule has 0 fully saturated rings. The molecule has 0 saturated carbocycles. The minimum Gasteiger partial charge on any atom is -0.387 e. The lowest BCUT2D eigenvalue weighted by Gasteiger charge is -2.25. The highest BCUT2D eigenvalue weighted by Gasteiger charge is 2.27. The predicted molar refractivity (Wildman–Crippen MR) is 308 cm³/mol. The first-order chi connectivity index (χ1) is 34.5. The number of phosphoric acid groups is 1. The van der Waals surface area contributed by atoms with Gasteiger partial charge < -0.3 is 19.8 Å². The second-order valence-electron chi connectivity index (χ2n) is 19.6. The van der Waals surface area contributed by atoms with Gasteiger partial charge in [0.25, 0.3) is 0 Å². The number of nitrogens with zero attached hydrogens (tertiary/aromatic N) is 1. The van der Waals surface area contributed by atoms with Crippen LogP contribution in [0.4, 0.5) is 0 Å². The first-order valence-corrected chi connectivity index (χ1v) is 29.6. The molecule has 0 rings (SSSR count). The van der Waals surface area contributed by atoms with Crippen LogP contribution in [-0.2, 0) is 18.4 Å². The summed E-state index contributed by atoms with van der Waals surface area (Å²) in [6, 6.07) is -0.879. The van der Waals surface area contributed by atoms with Gasteiger partial charge in [0.05, 0.1) is 39.9 Å². The number of unbranched alkanes of at least 4 members (excludes halogenated alkanes) is 16. The quantitative estimate of drug-likeness (QED) is 0.0243. The largest absolute Gasteiger partial charge is 0.472 e. The van der Waals surface area contributed by atoms with E-state index in [0.717, 1.165) is 109 Å². The molecule has 0 aromatic carbocycles. The van der Waals surface area contributed by atoms with Crippen LogP contribution < -0.4 is 5.32 Å². The van der Waals surface area contributed by atoms with E-state index >= 15 is 0 Å². The first-order valence-electron chi connectivity index (χ1n) is 28.1. The van der Waals surface area contributed by atoms with E-state index in [-0.39, 0.29) is 19.1 Å². The summed E-state index contributed by atoms with van der Waals surface area (Å²) < 4.78 is 23.6. The highest BCUT2D eigenvalue weighted by Crippen LogP contribution is 2.43. The number of quaternary nitrogens is 1. The predicted octanol–water partition coefficient (Wildman–Crippen LogP) is 17.1. The Morgan fingerprint density at radius 2 is 0.859 bits per heavy atom. The van der Waals surface area contributed by atoms with Crippen molar-refractivity contribution in [1.29, 1.82) is 0 Å². The topological polar surface area (TPSA) is 105 Å². The number of hydrogen-bond acceptors (Lipinski definition) is 5. The molecule has 3 atom stereocenters. The van der Waals surface area contributed by atoms with Gasteiger partial charge in [-0.15, -0.1) is 0 Å². The van der Waals surface area contributed by atoms with E-state index in [1.165, 1.54) is 70.6 Å². The molecule has 71 heavy (non-hydrogen) atoms. The Morgan fingerprint density at radius 3 is 1.30 bits per heavy atom. The number of phosphoric ester groups is 1. The average Bonchev–Trinajstić information content (AvgIpc) is 3.33. The maximum absolute atomic E-state index is 12.9. The number of carbonyl (C=O) groups is 1. The molecule has 0 bridgehead atoms. The van der Waals surface area contributed by atoms with Crippen molar-refractivity contribution < 1.29 is 32.9 Å². The van der Waals surface area contributed by atoms with Gasteiger partial charge in [-0.2, -0.15) is 0 Å². The lowest BCUT2D eigenvalue weighted by molar-refractivity contribution is -0.870. The number of aliphatic hydroxyl groups is 1. The van der Waals surface area contributed by atoms with Gasteiger partial charge in [0.15, 0.2) is 0 Å². The zero-order chi connectivity index (χ0) is 52.0. The van der Waals surface area contributed by atoms with E-state index < -0.39 is 20.0 Å². The summed E-state index contributed by atoms with van der Waals surface area (Å²) in [7, 11) is 1.53. The Morgan fingerprint density at radius 1 is 0.493 bits per heavy atom. The van der Waals surface area contributed by atoms with Crippen molar-refractivity contribution in [3.05, 3.63) is 134 Å². The number of likely N-dealkylation sites (N-methyl/N-ethyl adjacent to an activating group) is 1. The van der Waals surface area contributed by atoms with Gasteiger partial charge in [-0.3, -0.25) is 13.8 Å². The van der Waals surface area contributed by atoms with E-state index in [0.29, 0.717) is 17.4 Å². The minimum absolute atomic E-state index is 0.0466. The zero-order valence-corrected chi connectivity index (χ0v) is 46.8. The molecule has 0 spiro atoms. The Labute approximate surface area is 436 Å². The van der Waals surface area contributed by atoms with Crippen molar-refractivity contribution in [2.75, 3.05) is 40.9 Å². The lowest BCUT2D eigenvalue weighted by Crippen LogP contribution is -2.45. The van der Waals surface area contributed by atoms with Crippen LogP contribution in [0.2, 0.25) is 0 Å². The smallest absolute Gasteiger partial charge is 0.387 e. The molecule has 0 aliphatic rings. The van der Waals surface area contributed by atoms with Gasteiger partial charge in [0, 0.05) is 6.42 Å². The molecule has 0 aromatic heterocycles. The van der Waals surface area contributed by atoms with Gasteiger partial charge in [-0.1, -0.05) is 225 Å². The lowest BCUT2D eigenvalue weighted by atomic mass is 10.1. The number of rotatable bonds is 49. The van der Waals surface area contributed by atoms with Gasteiger partial charge in [-0.25, -0.2) is 4.57 Å². The molecular weight excluding hydrogens is 900 g/mol. The van der Waals surface area contributed by atoms with Crippen molar-refractivity contribution in [3.8, 4) is 0 Å². The minimum atomic E-state index is -4.36. The van der Waals surface area contributed by atoms with E-state index in [2.05, 4.69) is 141 Å². The van der Waals surface area contributed by atoms with Crippen LogP contribution in [0.3, 0.4) is 0 Å². The Balaban J connectivity index is 4.24. The second kappa shape index (κ2) is 51.5. The number of allylic oxidation sites excluding steroid dienone is 21. The summed E-state index contributed by atoms with van der Waals surface area (Å²) in [6.45, 7) is 4.64. The highest BCUT2D eigenvalue weighted by atomic mass is 31.2. The van der Waals surface area contributed by atoms with Crippen LogP contribution >= 0.6 is 7.82 Å². The fourth-order valence-electron chi connectivity index (χ4n) is 7.22. The standard InChI is InChI=1S/C62H105N2O6P/c1-6-8-10-12-14-16-18-20-22-23-24-25-26-27-28-29-30-31-32-33-34-35-36-37-38-39-40-41-42-44-46-48-50-52-54-56-62(66)63-60(59-70-71(67,68)69-58-57-64(3,4)5)61(65)55-53-51-49-47-45-43-21-19-17-15-13-11-9-7-2/h8,10,14,16,20,22,24-25,27-28,30-31,33-34,36-37,39-40,45,47,53,55,60-61,65H,6-7,9,11-13,15,17-19,21,23,26,29,32,35,38,41-44,46,48-52,54,56-59H2,1-5H3,(H-,63,66,67,68)/p+1/b10-8-,16-14-,22-20-,25-24-,28-27-,31-30-,34-33-,37-36-,40-39-,47-45+,55-53+. The molecule has 8 nitrogen and oxygen atoms in total. The SMILES string of the molecule is CC/C=C\C/C=C\C/C=C\C/C=C\C/C=C\C/C=C\C/C=C\C/C=C\C/C=C\CCCCCCCCCC(=O)NC(COP(=O)(O)OCC[N+](C)(C)C)C(O)/C=C/CC/C=C/CCCCCCCCCC. The summed E-state index contributed by atoms with van der Waals surface area (Å²) in [4.78, 5) is 23.2. The first kappa shape index (κ1) is 67.6. The summed E-state index contributed by atoms with van der Waals surface area (Å²) in [5, 5.41) is 13.9. The van der Waals surface area contributed by atoms with Gasteiger partial charge >= 0.3 is 7.82 Å². The van der Waals surface area contributed by atoms with E-state index in [9.17, 15) is 19.4 Å². The molecule has 3 unspecified atom stereocenters. The number of aliphatic hydroxyl groups excluding tert-OH is 1. The molecule has 0 aliphatic heterocycles. The van der Waals surface area contributed by atoms with Gasteiger partial charge in [0.2, 0.25) is 5.91 Å². The Bertz CT molecular complexity index is 1610. The van der Waals surface area contributed by atoms with Crippen LogP contribution in [0.15, 0.2) is 134 Å². The van der Waals surface area contributed by atoms with Crippen LogP contribution in [0.1, 0.15) is 200 Å². The second-order valence-corrected chi connectivity index (χ2v) is 21.0. The third-order valence-electron chi connectivity index (χ3n) is 11.6. The molecule has 0 heterocycles. The van der Waals surface area contributed by atoms with Crippen LogP contribution in [0.5, 0.6) is 0 Å². The number of amides is 1. The molecule has 0 radical (unpaired) electrons. The zero-order valence-electron chi connectivity index (χ0n) is 45.9. The van der Waals surface area contributed by atoms with Crippen molar-refractivity contribution in [1.82, 2.24) is 5.32 Å². The summed E-state index contributed by atoms with van der Waals surface area (Å²) in [5.74, 6) is -0.205. The molecule has 0 aromatic rings. The maximum atomic E-state index is 12.9. The van der Waals surface area contributed by atoms with E-state index in [4.69, 9.17) is 9.05 Å². The molecule has 3 N–H and O–H groups in total. The van der Waals surface area contributed by atoms with Crippen LogP contribution in [0.25, 0.3) is 0 Å². The van der Waals surface area contributed by atoms with Crippen molar-refractivity contribution in [2.24, 2.45) is 0 Å². The molecule has 1 amide bonds. The van der Waals surface area contributed by atoms with Crippen molar-refractivity contribution in [2.45, 2.75) is 212 Å². The molecule has 9 heteroatoms. The van der Waals surface area contributed by atoms with Crippen LogP contribution in [0, 0.1) is 0 Å². The molecular formula is C62H106N2O6P+. The Hall–Kier alpha value is -3.36.